The second kappa shape index (κ2) is 9.70. The fourth-order valence-electron chi connectivity index (χ4n) is 2.70. The first-order valence-corrected chi connectivity index (χ1v) is 10.4. The third kappa shape index (κ3) is 5.05. The highest BCUT2D eigenvalue weighted by atomic mass is 35.5. The summed E-state index contributed by atoms with van der Waals surface area (Å²) in [7, 11) is 0. The molecule has 2 unspecified atom stereocenters. The van der Waals surface area contributed by atoms with E-state index in [0.717, 1.165) is 25.7 Å². The van der Waals surface area contributed by atoms with Gasteiger partial charge in [-0.15, -0.1) is 11.8 Å². The first-order chi connectivity index (χ1) is 12.0. The van der Waals surface area contributed by atoms with Crippen LogP contribution in [0.25, 0.3) is 0 Å². The molecule has 1 aliphatic rings. The molecule has 138 valence electrons. The minimum absolute atomic E-state index is 0.0482. The van der Waals surface area contributed by atoms with E-state index in [4.69, 9.17) is 27.9 Å². The molecule has 0 radical (unpaired) electrons. The lowest BCUT2D eigenvalue weighted by Crippen LogP contribution is -2.46. The van der Waals surface area contributed by atoms with Gasteiger partial charge in [-0.05, 0) is 31.0 Å². The number of esters is 1. The van der Waals surface area contributed by atoms with Gasteiger partial charge >= 0.3 is 5.97 Å². The lowest BCUT2D eigenvalue weighted by Gasteiger charge is -2.28. The molecule has 0 N–H and O–H groups in total. The molecule has 7 heteroatoms. The third-order valence-corrected chi connectivity index (χ3v) is 5.94. The Morgan fingerprint density at radius 1 is 1.28 bits per heavy atom. The normalized spacial score (nSPS) is 19.9. The molecule has 0 spiro atoms. The van der Waals surface area contributed by atoms with Crippen molar-refractivity contribution in [1.29, 1.82) is 0 Å². The highest BCUT2D eigenvalue weighted by molar-refractivity contribution is 8.00. The van der Waals surface area contributed by atoms with Gasteiger partial charge in [-0.3, -0.25) is 4.79 Å². The summed E-state index contributed by atoms with van der Waals surface area (Å²) in [6, 6.07) is 4.21. The molecule has 1 amide bonds. The zero-order valence-corrected chi connectivity index (χ0v) is 16.8. The van der Waals surface area contributed by atoms with Crippen molar-refractivity contribution in [3.05, 3.63) is 33.8 Å². The molecule has 2 rings (SSSR count). The second-order valence-electron chi connectivity index (χ2n) is 5.95. The zero-order chi connectivity index (χ0) is 18.4. The Balaban J connectivity index is 2.23. The highest BCUT2D eigenvalue weighted by Crippen LogP contribution is 2.35. The van der Waals surface area contributed by atoms with Crippen LogP contribution < -0.4 is 0 Å². The number of hydrogen-bond donors (Lipinski definition) is 0. The summed E-state index contributed by atoms with van der Waals surface area (Å²) < 4.78 is 5.36. The number of thioether (sulfide) groups is 1. The molecule has 0 aliphatic carbocycles. The molecule has 4 nitrogen and oxygen atoms in total. The number of carbonyl (C=O) groups excluding carboxylic acids is 2. The Kier molecular flexibility index (Phi) is 7.91. The third-order valence-electron chi connectivity index (χ3n) is 4.04. The van der Waals surface area contributed by atoms with Crippen LogP contribution >= 0.6 is 35.0 Å². The van der Waals surface area contributed by atoms with E-state index in [9.17, 15) is 9.59 Å². The topological polar surface area (TPSA) is 46.6 Å². The molecule has 1 aliphatic heterocycles. The van der Waals surface area contributed by atoms with Crippen molar-refractivity contribution in [3.8, 4) is 0 Å². The van der Waals surface area contributed by atoms with Crippen molar-refractivity contribution in [3.63, 3.8) is 0 Å². The summed E-state index contributed by atoms with van der Waals surface area (Å²) in [5.41, 5.74) is 0.362. The van der Waals surface area contributed by atoms with Crippen molar-refractivity contribution in [2.24, 2.45) is 0 Å². The minimum atomic E-state index is -0.572. The van der Waals surface area contributed by atoms with Gasteiger partial charge in [0, 0.05) is 10.8 Å². The van der Waals surface area contributed by atoms with Gasteiger partial charge in [0.1, 0.15) is 6.04 Å². The predicted molar refractivity (Wildman–Crippen MR) is 103 cm³/mol. The summed E-state index contributed by atoms with van der Waals surface area (Å²) >= 11 is 13.7. The maximum atomic E-state index is 13.1. The Morgan fingerprint density at radius 2 is 2.04 bits per heavy atom. The summed E-state index contributed by atoms with van der Waals surface area (Å²) in [5.74, 6) is -0.0346. The molecule has 25 heavy (non-hydrogen) atoms. The van der Waals surface area contributed by atoms with Gasteiger partial charge < -0.3 is 9.64 Å². The molecular weight excluding hydrogens is 381 g/mol. The van der Waals surface area contributed by atoms with Crippen LogP contribution in [-0.4, -0.2) is 40.6 Å². The first-order valence-electron chi connectivity index (χ1n) is 8.55. The maximum absolute atomic E-state index is 13.1. The summed E-state index contributed by atoms with van der Waals surface area (Å²) in [6.45, 7) is 4.49. The van der Waals surface area contributed by atoms with Crippen molar-refractivity contribution in [2.75, 3.05) is 12.4 Å². The van der Waals surface area contributed by atoms with E-state index in [1.54, 1.807) is 34.9 Å². The minimum Gasteiger partial charge on any atom is -0.464 e. The van der Waals surface area contributed by atoms with Gasteiger partial charge in [0.15, 0.2) is 0 Å². The zero-order valence-electron chi connectivity index (χ0n) is 14.5. The van der Waals surface area contributed by atoms with Gasteiger partial charge in [-0.25, -0.2) is 4.79 Å². The fourth-order valence-corrected chi connectivity index (χ4v) is 4.70. The second-order valence-corrected chi connectivity index (χ2v) is 8.00. The molecule has 1 heterocycles. The van der Waals surface area contributed by atoms with Crippen LogP contribution in [0.15, 0.2) is 18.2 Å². The van der Waals surface area contributed by atoms with E-state index in [2.05, 4.69) is 6.92 Å². The van der Waals surface area contributed by atoms with E-state index < -0.39 is 6.04 Å². The molecular formula is C18H23Cl2NO3S. The Labute approximate surface area is 163 Å². The van der Waals surface area contributed by atoms with E-state index in [0.29, 0.717) is 28.0 Å². The maximum Gasteiger partial charge on any atom is 0.329 e. The largest absolute Gasteiger partial charge is 0.464 e. The van der Waals surface area contributed by atoms with E-state index in [1.165, 1.54) is 0 Å². The molecule has 1 aromatic carbocycles. The number of ether oxygens (including phenoxy) is 1. The fraction of sp³-hybridized carbons (Fsp3) is 0.556. The van der Waals surface area contributed by atoms with Crippen LogP contribution in [0.3, 0.4) is 0 Å². The van der Waals surface area contributed by atoms with Crippen LogP contribution in [0.2, 0.25) is 10.0 Å². The number of rotatable bonds is 7. The molecule has 1 fully saturated rings. The molecule has 1 saturated heterocycles. The SMILES string of the molecule is CCCCOC(=O)C1CSC(CCC)N1C(=O)c1ccc(Cl)cc1Cl. The van der Waals surface area contributed by atoms with Gasteiger partial charge in [0.25, 0.3) is 5.91 Å². The summed E-state index contributed by atoms with van der Waals surface area (Å²) in [5, 5.41) is 0.716. The molecule has 0 bridgehead atoms. The Hall–Kier alpha value is -0.910. The molecule has 1 aromatic rings. The molecule has 2 atom stereocenters. The molecule has 0 saturated carbocycles. The number of amides is 1. The summed E-state index contributed by atoms with van der Waals surface area (Å²) in [6.07, 6.45) is 3.52. The highest BCUT2D eigenvalue weighted by Gasteiger charge is 2.42. The van der Waals surface area contributed by atoms with Crippen LogP contribution in [0.4, 0.5) is 0 Å². The predicted octanol–water partition coefficient (Wildman–Crippen LogP) is 5.02. The number of nitrogens with zero attached hydrogens (tertiary/aromatic N) is 1. The van der Waals surface area contributed by atoms with Gasteiger partial charge in [-0.2, -0.15) is 0 Å². The van der Waals surface area contributed by atoms with Crippen LogP contribution in [0, 0.1) is 0 Å². The standard InChI is InChI=1S/C18H23Cl2NO3S/c1-3-5-9-24-18(23)15-11-25-16(6-4-2)21(15)17(22)13-8-7-12(19)10-14(13)20/h7-8,10,15-16H,3-6,9,11H2,1-2H3. The molecule has 0 aromatic heterocycles. The van der Waals surface area contributed by atoms with E-state index >= 15 is 0 Å². The van der Waals surface area contributed by atoms with Gasteiger partial charge in [-0.1, -0.05) is 49.9 Å². The van der Waals surface area contributed by atoms with Crippen molar-refractivity contribution in [1.82, 2.24) is 4.90 Å². The van der Waals surface area contributed by atoms with Crippen molar-refractivity contribution >= 4 is 46.8 Å². The number of carbonyl (C=O) groups is 2. The smallest absolute Gasteiger partial charge is 0.329 e. The lowest BCUT2D eigenvalue weighted by molar-refractivity contribution is -0.148. The van der Waals surface area contributed by atoms with Crippen molar-refractivity contribution in [2.45, 2.75) is 50.9 Å². The van der Waals surface area contributed by atoms with Crippen molar-refractivity contribution < 1.29 is 14.3 Å². The number of halogens is 2. The average Bonchev–Trinajstić information content (AvgIpc) is 2.98. The lowest BCUT2D eigenvalue weighted by atomic mass is 10.1. The quantitative estimate of drug-likeness (QED) is 0.473. The number of benzene rings is 1. The summed E-state index contributed by atoms with van der Waals surface area (Å²) in [4.78, 5) is 27.2. The first kappa shape index (κ1) is 20.4. The van der Waals surface area contributed by atoms with Gasteiger partial charge in [0.2, 0.25) is 0 Å². The Bertz CT molecular complexity index is 626. The van der Waals surface area contributed by atoms with Gasteiger partial charge in [0.05, 0.1) is 22.6 Å². The number of hydrogen-bond acceptors (Lipinski definition) is 4. The van der Waals surface area contributed by atoms with E-state index in [-0.39, 0.29) is 17.3 Å². The van der Waals surface area contributed by atoms with Crippen LogP contribution in [0.5, 0.6) is 0 Å². The Morgan fingerprint density at radius 3 is 2.68 bits per heavy atom. The van der Waals surface area contributed by atoms with Crippen LogP contribution in [0.1, 0.15) is 49.9 Å². The number of unbranched alkanes of at least 4 members (excludes halogenated alkanes) is 1. The van der Waals surface area contributed by atoms with E-state index in [1.807, 2.05) is 6.92 Å². The average molecular weight is 404 g/mol. The monoisotopic (exact) mass is 403 g/mol. The van der Waals surface area contributed by atoms with Crippen LogP contribution in [-0.2, 0) is 9.53 Å².